The summed E-state index contributed by atoms with van der Waals surface area (Å²) in [4.78, 5) is 45.3. The molecular weight excluding hydrogens is 418 g/mol. The lowest BCUT2D eigenvalue weighted by Gasteiger charge is -2.36. The number of benzene rings is 3. The van der Waals surface area contributed by atoms with Crippen LogP contribution in [0.3, 0.4) is 0 Å². The van der Waals surface area contributed by atoms with E-state index in [1.165, 1.54) is 12.1 Å². The average Bonchev–Trinajstić information content (AvgIpc) is 3.33. The van der Waals surface area contributed by atoms with Crippen LogP contribution in [0.15, 0.2) is 78.9 Å². The van der Waals surface area contributed by atoms with E-state index in [1.807, 2.05) is 54.6 Å². The second-order valence-electron chi connectivity index (χ2n) is 8.28. The highest BCUT2D eigenvalue weighted by molar-refractivity contribution is 6.23. The van der Waals surface area contributed by atoms with Crippen LogP contribution in [-0.2, 0) is 11.2 Å². The van der Waals surface area contributed by atoms with Crippen LogP contribution in [0.25, 0.3) is 10.9 Å². The number of nitrogens with one attached hydrogen (secondary N) is 1. The van der Waals surface area contributed by atoms with Crippen LogP contribution in [0.4, 0.5) is 10.5 Å². The van der Waals surface area contributed by atoms with Crippen LogP contribution in [0, 0.1) is 0 Å². The van der Waals surface area contributed by atoms with E-state index in [4.69, 9.17) is 0 Å². The van der Waals surface area contributed by atoms with Gasteiger partial charge in [0.05, 0.1) is 11.3 Å². The highest BCUT2D eigenvalue weighted by atomic mass is 16.4. The van der Waals surface area contributed by atoms with Crippen molar-refractivity contribution in [3.63, 3.8) is 0 Å². The molecule has 2 aliphatic rings. The Morgan fingerprint density at radius 2 is 1.61 bits per heavy atom. The molecule has 3 aromatic carbocycles. The molecule has 3 amide bonds. The molecule has 6 rings (SSSR count). The van der Waals surface area contributed by atoms with Gasteiger partial charge in [0.1, 0.15) is 12.1 Å². The molecule has 2 aliphatic heterocycles. The quantitative estimate of drug-likeness (QED) is 0.466. The Bertz CT molecular complexity index is 1440. The summed E-state index contributed by atoms with van der Waals surface area (Å²) < 4.78 is 0. The van der Waals surface area contributed by atoms with Gasteiger partial charge in [0.15, 0.2) is 0 Å². The van der Waals surface area contributed by atoms with Crippen LogP contribution in [-0.4, -0.2) is 38.9 Å². The van der Waals surface area contributed by atoms with Crippen LogP contribution in [0.5, 0.6) is 0 Å². The maximum absolute atomic E-state index is 13.8. The van der Waals surface area contributed by atoms with E-state index in [-0.39, 0.29) is 11.3 Å². The first-order valence-electron chi connectivity index (χ1n) is 10.7. The number of hydrogen-bond donors (Lipinski definition) is 2. The number of para-hydroxylation sites is 2. The largest absolute Gasteiger partial charge is 0.478 e. The Morgan fingerprint density at radius 1 is 0.909 bits per heavy atom. The number of aromatic carboxylic acids is 1. The summed E-state index contributed by atoms with van der Waals surface area (Å²) in [5.41, 5.74) is 3.74. The highest BCUT2D eigenvalue weighted by Gasteiger charge is 2.53. The molecule has 0 bridgehead atoms. The average molecular weight is 437 g/mol. The number of carboxylic acids is 1. The molecule has 0 saturated carbocycles. The Hall–Kier alpha value is -4.39. The zero-order valence-corrected chi connectivity index (χ0v) is 17.4. The van der Waals surface area contributed by atoms with E-state index in [2.05, 4.69) is 4.98 Å². The first kappa shape index (κ1) is 19.3. The second kappa shape index (κ2) is 7.06. The van der Waals surface area contributed by atoms with Gasteiger partial charge in [-0.25, -0.2) is 14.5 Å². The van der Waals surface area contributed by atoms with E-state index in [0.29, 0.717) is 6.42 Å². The summed E-state index contributed by atoms with van der Waals surface area (Å²) in [6.45, 7) is 0. The minimum absolute atomic E-state index is 0.0840. The number of H-pyrrole nitrogens is 1. The third-order valence-corrected chi connectivity index (χ3v) is 6.54. The summed E-state index contributed by atoms with van der Waals surface area (Å²) in [5, 5.41) is 10.7. The van der Waals surface area contributed by atoms with E-state index < -0.39 is 30.0 Å². The molecule has 7 heteroatoms. The first-order valence-corrected chi connectivity index (χ1v) is 10.7. The molecule has 1 aromatic heterocycles. The number of aromatic nitrogens is 1. The number of fused-ring (bicyclic) bond motifs is 4. The lowest BCUT2D eigenvalue weighted by molar-refractivity contribution is -0.120. The molecule has 0 unspecified atom stereocenters. The van der Waals surface area contributed by atoms with Crippen LogP contribution in [0.2, 0.25) is 0 Å². The van der Waals surface area contributed by atoms with Crippen molar-refractivity contribution in [2.75, 3.05) is 4.90 Å². The molecule has 1 fully saturated rings. The van der Waals surface area contributed by atoms with Crippen molar-refractivity contribution in [1.82, 2.24) is 9.88 Å². The molecule has 0 radical (unpaired) electrons. The summed E-state index contributed by atoms with van der Waals surface area (Å²) in [6, 6.07) is 21.9. The predicted molar refractivity (Wildman–Crippen MR) is 122 cm³/mol. The van der Waals surface area contributed by atoms with Crippen molar-refractivity contribution >= 4 is 34.5 Å². The fourth-order valence-corrected chi connectivity index (χ4v) is 5.13. The van der Waals surface area contributed by atoms with E-state index in [0.717, 1.165) is 32.6 Å². The molecule has 162 valence electrons. The monoisotopic (exact) mass is 437 g/mol. The number of carbonyl (C=O) groups excluding carboxylic acids is 2. The van der Waals surface area contributed by atoms with Crippen molar-refractivity contribution in [2.24, 2.45) is 0 Å². The first-order chi connectivity index (χ1) is 16.1. The van der Waals surface area contributed by atoms with Crippen LogP contribution in [0.1, 0.15) is 33.2 Å². The minimum Gasteiger partial charge on any atom is -0.478 e. The number of imide groups is 1. The SMILES string of the molecule is O=C(O)c1ccccc1N1C(=O)[C@@H]2Cc3c([nH]c4ccccc34)[C@@H](c3ccccc3)N2C1=O. The van der Waals surface area contributed by atoms with Crippen molar-refractivity contribution in [1.29, 1.82) is 0 Å². The van der Waals surface area contributed by atoms with E-state index >= 15 is 0 Å². The molecule has 2 atom stereocenters. The number of carbonyl (C=O) groups is 3. The number of amides is 3. The van der Waals surface area contributed by atoms with Gasteiger partial charge < -0.3 is 10.1 Å². The third-order valence-electron chi connectivity index (χ3n) is 6.54. The van der Waals surface area contributed by atoms with Gasteiger partial charge >= 0.3 is 12.0 Å². The fourth-order valence-electron chi connectivity index (χ4n) is 5.13. The predicted octanol–water partition coefficient (Wildman–Crippen LogP) is 4.35. The Morgan fingerprint density at radius 3 is 2.39 bits per heavy atom. The number of urea groups is 1. The number of aromatic amines is 1. The van der Waals surface area contributed by atoms with Crippen molar-refractivity contribution < 1.29 is 19.5 Å². The Kier molecular flexibility index (Phi) is 4.13. The zero-order chi connectivity index (χ0) is 22.7. The van der Waals surface area contributed by atoms with Crippen molar-refractivity contribution in [3.8, 4) is 0 Å². The summed E-state index contributed by atoms with van der Waals surface area (Å²) in [6.07, 6.45) is 0.360. The van der Waals surface area contributed by atoms with Gasteiger partial charge in [-0.3, -0.25) is 9.69 Å². The minimum atomic E-state index is -1.19. The molecular formula is C26H19N3O4. The van der Waals surface area contributed by atoms with Gasteiger partial charge in [0.25, 0.3) is 5.91 Å². The number of rotatable bonds is 3. The molecule has 0 aliphatic carbocycles. The molecule has 3 heterocycles. The zero-order valence-electron chi connectivity index (χ0n) is 17.4. The molecule has 0 spiro atoms. The maximum atomic E-state index is 13.8. The summed E-state index contributed by atoms with van der Waals surface area (Å²) in [5.74, 6) is -1.60. The van der Waals surface area contributed by atoms with Gasteiger partial charge in [-0.15, -0.1) is 0 Å². The topological polar surface area (TPSA) is 93.7 Å². The van der Waals surface area contributed by atoms with Gasteiger partial charge in [0, 0.05) is 23.0 Å². The lowest BCUT2D eigenvalue weighted by Crippen LogP contribution is -2.44. The number of nitrogens with zero attached hydrogens (tertiary/aromatic N) is 2. The van der Waals surface area contributed by atoms with Gasteiger partial charge in [-0.2, -0.15) is 0 Å². The Labute approximate surface area is 188 Å². The number of carboxylic acid groups (broad SMARTS) is 1. The van der Waals surface area contributed by atoms with E-state index in [9.17, 15) is 19.5 Å². The number of hydrogen-bond acceptors (Lipinski definition) is 3. The third kappa shape index (κ3) is 2.72. The smallest absolute Gasteiger partial charge is 0.337 e. The lowest BCUT2D eigenvalue weighted by atomic mass is 9.89. The van der Waals surface area contributed by atoms with Gasteiger partial charge in [-0.1, -0.05) is 60.7 Å². The van der Waals surface area contributed by atoms with Crippen molar-refractivity contribution in [2.45, 2.75) is 18.5 Å². The van der Waals surface area contributed by atoms with Crippen molar-refractivity contribution in [3.05, 3.63) is 101 Å². The van der Waals surface area contributed by atoms with Crippen LogP contribution >= 0.6 is 0 Å². The molecule has 2 N–H and O–H groups in total. The summed E-state index contributed by atoms with van der Waals surface area (Å²) >= 11 is 0. The molecule has 1 saturated heterocycles. The highest BCUT2D eigenvalue weighted by Crippen LogP contribution is 2.45. The van der Waals surface area contributed by atoms with Gasteiger partial charge in [-0.05, 0) is 29.3 Å². The fraction of sp³-hybridized carbons (Fsp3) is 0.115. The summed E-state index contributed by atoms with van der Waals surface area (Å²) in [7, 11) is 0. The molecule has 33 heavy (non-hydrogen) atoms. The van der Waals surface area contributed by atoms with Crippen LogP contribution < -0.4 is 4.90 Å². The normalized spacial score (nSPS) is 19.6. The molecule has 4 aromatic rings. The van der Waals surface area contributed by atoms with E-state index in [1.54, 1.807) is 17.0 Å². The van der Waals surface area contributed by atoms with Gasteiger partial charge in [0.2, 0.25) is 0 Å². The number of anilines is 1. The Balaban J connectivity index is 1.55. The maximum Gasteiger partial charge on any atom is 0.337 e. The standard InChI is InChI=1S/C26H19N3O4/c30-24-21-14-18-16-10-4-6-12-19(16)27-22(18)23(15-8-2-1-3-9-15)28(21)26(33)29(24)20-13-7-5-11-17(20)25(31)32/h1-13,21,23,27H,14H2,(H,31,32)/t21-,23+/m0/s1. The molecule has 7 nitrogen and oxygen atoms in total. The second-order valence-corrected chi connectivity index (χ2v) is 8.28.